The highest BCUT2D eigenvalue weighted by molar-refractivity contribution is 5.21. The Kier molecular flexibility index (Phi) is 6.03. The molecule has 1 unspecified atom stereocenters. The number of benzene rings is 1. The molecule has 1 heterocycles. The predicted molar refractivity (Wildman–Crippen MR) is 91.2 cm³/mol. The second-order valence-electron chi connectivity index (χ2n) is 6.96. The van der Waals surface area contributed by atoms with Gasteiger partial charge in [-0.15, -0.1) is 0 Å². The van der Waals surface area contributed by atoms with Gasteiger partial charge in [-0.2, -0.15) is 0 Å². The normalized spacial score (nSPS) is 31.9. The summed E-state index contributed by atoms with van der Waals surface area (Å²) >= 11 is 0. The lowest BCUT2D eigenvalue weighted by Crippen LogP contribution is -2.53. The maximum absolute atomic E-state index is 13.4. The van der Waals surface area contributed by atoms with E-state index in [0.717, 1.165) is 44.4 Å². The number of hydrogen-bond donors (Lipinski definition) is 2. The number of hydrogen-bond acceptors (Lipinski definition) is 3. The molecule has 2 aliphatic rings. The lowest BCUT2D eigenvalue weighted by Gasteiger charge is -2.35. The zero-order chi connectivity index (χ0) is 16.1. The molecule has 1 aliphatic carbocycles. The van der Waals surface area contributed by atoms with Crippen LogP contribution in [0.25, 0.3) is 0 Å². The van der Waals surface area contributed by atoms with Crippen LogP contribution in [0.3, 0.4) is 0 Å². The van der Waals surface area contributed by atoms with E-state index in [1.807, 2.05) is 13.1 Å². The summed E-state index contributed by atoms with van der Waals surface area (Å²) in [6.07, 6.45) is 7.19. The van der Waals surface area contributed by atoms with Crippen LogP contribution in [0.1, 0.15) is 50.0 Å². The van der Waals surface area contributed by atoms with Crippen molar-refractivity contribution in [3.8, 4) is 0 Å². The molecule has 3 nitrogen and oxygen atoms in total. The molecule has 1 saturated heterocycles. The van der Waals surface area contributed by atoms with Crippen LogP contribution in [0.4, 0.5) is 4.39 Å². The Morgan fingerprint density at radius 2 is 2.04 bits per heavy atom. The molecule has 2 atom stereocenters. The molecule has 0 bridgehead atoms. The summed E-state index contributed by atoms with van der Waals surface area (Å²) in [5.74, 6) is 0.366. The summed E-state index contributed by atoms with van der Waals surface area (Å²) in [4.78, 5) is 0. The van der Waals surface area contributed by atoms with Crippen molar-refractivity contribution in [2.45, 2.75) is 62.6 Å². The van der Waals surface area contributed by atoms with Crippen LogP contribution in [-0.4, -0.2) is 38.4 Å². The van der Waals surface area contributed by atoms with Crippen molar-refractivity contribution in [3.05, 3.63) is 35.6 Å². The maximum Gasteiger partial charge on any atom is 0.123 e. The van der Waals surface area contributed by atoms with Crippen LogP contribution in [0, 0.1) is 5.82 Å². The fourth-order valence-electron chi connectivity index (χ4n) is 4.04. The topological polar surface area (TPSA) is 33.3 Å². The second kappa shape index (κ2) is 8.22. The Bertz CT molecular complexity index is 488. The van der Waals surface area contributed by atoms with Crippen molar-refractivity contribution in [3.63, 3.8) is 0 Å². The van der Waals surface area contributed by atoms with E-state index in [0.29, 0.717) is 24.1 Å². The van der Waals surface area contributed by atoms with Gasteiger partial charge < -0.3 is 15.4 Å². The van der Waals surface area contributed by atoms with Gasteiger partial charge in [0.1, 0.15) is 5.82 Å². The Hall–Kier alpha value is -0.970. The van der Waals surface area contributed by atoms with Gasteiger partial charge in [-0.1, -0.05) is 12.1 Å². The highest BCUT2D eigenvalue weighted by Gasteiger charge is 2.27. The number of likely N-dealkylation sites (N-methyl/N-ethyl adjacent to an activating group) is 1. The van der Waals surface area contributed by atoms with Gasteiger partial charge in [0.2, 0.25) is 0 Å². The molecule has 0 amide bonds. The van der Waals surface area contributed by atoms with Crippen LogP contribution in [0.2, 0.25) is 0 Å². The van der Waals surface area contributed by atoms with E-state index in [-0.39, 0.29) is 5.82 Å². The van der Waals surface area contributed by atoms with Crippen LogP contribution in [0.15, 0.2) is 24.3 Å². The number of rotatable bonds is 5. The van der Waals surface area contributed by atoms with Crippen LogP contribution >= 0.6 is 0 Å². The van der Waals surface area contributed by atoms with E-state index in [1.165, 1.54) is 18.9 Å². The van der Waals surface area contributed by atoms with Crippen LogP contribution < -0.4 is 10.6 Å². The quantitative estimate of drug-likeness (QED) is 0.874. The van der Waals surface area contributed by atoms with Gasteiger partial charge in [-0.05, 0) is 75.7 Å². The lowest BCUT2D eigenvalue weighted by atomic mass is 9.82. The molecule has 0 radical (unpaired) electrons. The predicted octanol–water partition coefficient (Wildman–Crippen LogP) is 3.21. The van der Waals surface area contributed by atoms with Crippen molar-refractivity contribution < 1.29 is 9.13 Å². The van der Waals surface area contributed by atoms with Gasteiger partial charge in [0.15, 0.2) is 0 Å². The summed E-state index contributed by atoms with van der Waals surface area (Å²) in [5.41, 5.74) is 1.15. The molecule has 0 spiro atoms. The number of piperidine rings is 1. The van der Waals surface area contributed by atoms with Gasteiger partial charge >= 0.3 is 0 Å². The SMILES string of the molecule is CNC1CCCN[C@H]1CO[C@H]1CC[C@@H](c2cccc(F)c2)CC1. The van der Waals surface area contributed by atoms with E-state index in [1.54, 1.807) is 6.07 Å². The van der Waals surface area contributed by atoms with E-state index >= 15 is 0 Å². The van der Waals surface area contributed by atoms with Crippen LogP contribution in [0.5, 0.6) is 0 Å². The first-order valence-corrected chi connectivity index (χ1v) is 9.04. The first kappa shape index (κ1) is 16.9. The fraction of sp³-hybridized carbons (Fsp3) is 0.684. The van der Waals surface area contributed by atoms with Crippen molar-refractivity contribution >= 4 is 0 Å². The van der Waals surface area contributed by atoms with Crippen LogP contribution in [-0.2, 0) is 4.74 Å². The lowest BCUT2D eigenvalue weighted by molar-refractivity contribution is 0.00426. The largest absolute Gasteiger partial charge is 0.377 e. The molecule has 2 fully saturated rings. The molecular weight excluding hydrogens is 291 g/mol. The molecule has 3 rings (SSSR count). The fourth-order valence-corrected chi connectivity index (χ4v) is 4.04. The Labute approximate surface area is 139 Å². The minimum Gasteiger partial charge on any atom is -0.377 e. The summed E-state index contributed by atoms with van der Waals surface area (Å²) < 4.78 is 19.5. The second-order valence-corrected chi connectivity index (χ2v) is 6.96. The molecule has 23 heavy (non-hydrogen) atoms. The van der Waals surface area contributed by atoms with Gasteiger partial charge in [0, 0.05) is 12.1 Å². The van der Waals surface area contributed by atoms with Crippen molar-refractivity contribution in [1.82, 2.24) is 10.6 Å². The summed E-state index contributed by atoms with van der Waals surface area (Å²) in [6, 6.07) is 8.03. The summed E-state index contributed by atoms with van der Waals surface area (Å²) in [6.45, 7) is 1.89. The summed E-state index contributed by atoms with van der Waals surface area (Å²) in [5, 5.41) is 6.97. The van der Waals surface area contributed by atoms with E-state index in [2.05, 4.69) is 16.7 Å². The van der Waals surface area contributed by atoms with Gasteiger partial charge in [-0.3, -0.25) is 0 Å². The molecule has 128 valence electrons. The third-order valence-corrected chi connectivity index (χ3v) is 5.46. The monoisotopic (exact) mass is 320 g/mol. The van der Waals surface area contributed by atoms with Crippen molar-refractivity contribution in [1.29, 1.82) is 0 Å². The first-order chi connectivity index (χ1) is 11.3. The molecule has 1 saturated carbocycles. The van der Waals surface area contributed by atoms with Gasteiger partial charge in [0.05, 0.1) is 12.7 Å². The molecule has 0 aromatic heterocycles. The van der Waals surface area contributed by atoms with E-state index in [4.69, 9.17) is 4.74 Å². The molecule has 1 aromatic carbocycles. The van der Waals surface area contributed by atoms with Gasteiger partial charge in [-0.25, -0.2) is 4.39 Å². The average Bonchev–Trinajstić information content (AvgIpc) is 2.60. The summed E-state index contributed by atoms with van der Waals surface area (Å²) in [7, 11) is 2.04. The Morgan fingerprint density at radius 1 is 1.22 bits per heavy atom. The average molecular weight is 320 g/mol. The molecular formula is C19H29FN2O. The highest BCUT2D eigenvalue weighted by atomic mass is 19.1. The van der Waals surface area contributed by atoms with Crippen molar-refractivity contribution in [2.24, 2.45) is 0 Å². The molecule has 1 aliphatic heterocycles. The molecule has 4 heteroatoms. The minimum absolute atomic E-state index is 0.123. The number of nitrogens with one attached hydrogen (secondary N) is 2. The Morgan fingerprint density at radius 3 is 2.78 bits per heavy atom. The van der Waals surface area contributed by atoms with Gasteiger partial charge in [0.25, 0.3) is 0 Å². The Balaban J connectivity index is 1.44. The van der Waals surface area contributed by atoms with Crippen molar-refractivity contribution in [2.75, 3.05) is 20.2 Å². The molecule has 2 N–H and O–H groups in total. The first-order valence-electron chi connectivity index (χ1n) is 9.04. The molecule has 1 aromatic rings. The number of ether oxygens (including phenoxy) is 1. The standard InChI is InChI=1S/C19H29FN2O/c1-21-18-6-3-11-22-19(18)13-23-17-9-7-14(8-10-17)15-4-2-5-16(20)12-15/h2,4-5,12,14,17-19,21-22H,3,6-11,13H2,1H3/t14-,17+,18?,19-/m0/s1. The third-order valence-electron chi connectivity index (χ3n) is 5.46. The maximum atomic E-state index is 13.4. The third kappa shape index (κ3) is 4.52. The highest BCUT2D eigenvalue weighted by Crippen LogP contribution is 2.34. The minimum atomic E-state index is -0.123. The zero-order valence-electron chi connectivity index (χ0n) is 14.1. The smallest absolute Gasteiger partial charge is 0.123 e. The van der Waals surface area contributed by atoms with E-state index < -0.39 is 0 Å². The number of halogens is 1. The van der Waals surface area contributed by atoms with E-state index in [9.17, 15) is 4.39 Å². The zero-order valence-corrected chi connectivity index (χ0v) is 14.1.